The third-order valence-electron chi connectivity index (χ3n) is 3.53. The van der Waals surface area contributed by atoms with E-state index in [0.29, 0.717) is 6.54 Å². The van der Waals surface area contributed by atoms with Crippen LogP contribution in [0.15, 0.2) is 30.7 Å². The van der Waals surface area contributed by atoms with Crippen molar-refractivity contribution in [1.29, 1.82) is 0 Å². The van der Waals surface area contributed by atoms with Gasteiger partial charge in [0.2, 0.25) is 0 Å². The highest BCUT2D eigenvalue weighted by Crippen LogP contribution is 2.24. The number of ether oxygens (including phenoxy) is 1. The van der Waals surface area contributed by atoms with Crippen LogP contribution in [0.25, 0.3) is 0 Å². The SMILES string of the molecule is COc1c(C)cnc(CN[C@@H](C)c2ccncc2)c1C. The molecule has 2 heterocycles. The van der Waals surface area contributed by atoms with Crippen LogP contribution < -0.4 is 10.1 Å². The lowest BCUT2D eigenvalue weighted by Gasteiger charge is -2.16. The molecule has 0 aliphatic heterocycles. The van der Waals surface area contributed by atoms with Gasteiger partial charge in [0.25, 0.3) is 0 Å². The van der Waals surface area contributed by atoms with Crippen LogP contribution in [0.5, 0.6) is 5.75 Å². The van der Waals surface area contributed by atoms with Gasteiger partial charge in [-0.25, -0.2) is 0 Å². The molecule has 0 bridgehead atoms. The predicted molar refractivity (Wildman–Crippen MR) is 79.8 cm³/mol. The number of nitrogens with zero attached hydrogens (tertiary/aromatic N) is 2. The molecule has 0 saturated carbocycles. The zero-order valence-electron chi connectivity index (χ0n) is 12.5. The fourth-order valence-corrected chi connectivity index (χ4v) is 2.27. The highest BCUT2D eigenvalue weighted by atomic mass is 16.5. The fourth-order valence-electron chi connectivity index (χ4n) is 2.27. The second kappa shape index (κ2) is 6.48. The van der Waals surface area contributed by atoms with E-state index in [1.807, 2.05) is 44.6 Å². The van der Waals surface area contributed by atoms with E-state index in [-0.39, 0.29) is 6.04 Å². The summed E-state index contributed by atoms with van der Waals surface area (Å²) < 4.78 is 5.43. The highest BCUT2D eigenvalue weighted by Gasteiger charge is 2.11. The van der Waals surface area contributed by atoms with Crippen molar-refractivity contribution in [3.8, 4) is 5.75 Å². The minimum Gasteiger partial charge on any atom is -0.496 e. The minimum atomic E-state index is 0.256. The van der Waals surface area contributed by atoms with Crippen molar-refractivity contribution in [2.75, 3.05) is 7.11 Å². The molecule has 0 spiro atoms. The summed E-state index contributed by atoms with van der Waals surface area (Å²) in [6, 6.07) is 4.30. The van der Waals surface area contributed by atoms with Gasteiger partial charge in [0.15, 0.2) is 0 Å². The molecule has 0 radical (unpaired) electrons. The summed E-state index contributed by atoms with van der Waals surface area (Å²) in [6.07, 6.45) is 5.48. The summed E-state index contributed by atoms with van der Waals surface area (Å²) in [5.74, 6) is 0.924. The molecule has 2 aromatic rings. The summed E-state index contributed by atoms with van der Waals surface area (Å²) in [5.41, 5.74) is 4.41. The number of pyridine rings is 2. The molecule has 0 fully saturated rings. The number of methoxy groups -OCH3 is 1. The number of rotatable bonds is 5. The van der Waals surface area contributed by atoms with Crippen molar-refractivity contribution in [3.63, 3.8) is 0 Å². The Bertz CT molecular complexity index is 569. The van der Waals surface area contributed by atoms with Gasteiger partial charge in [0.1, 0.15) is 5.75 Å². The molecule has 0 aliphatic rings. The van der Waals surface area contributed by atoms with Gasteiger partial charge in [-0.15, -0.1) is 0 Å². The van der Waals surface area contributed by atoms with E-state index in [1.165, 1.54) is 5.56 Å². The van der Waals surface area contributed by atoms with Crippen molar-refractivity contribution in [3.05, 3.63) is 53.1 Å². The molecule has 106 valence electrons. The first-order chi connectivity index (χ1) is 9.63. The first-order valence-corrected chi connectivity index (χ1v) is 6.76. The molecule has 4 heteroatoms. The second-order valence-corrected chi connectivity index (χ2v) is 4.93. The van der Waals surface area contributed by atoms with Crippen molar-refractivity contribution in [1.82, 2.24) is 15.3 Å². The molecule has 0 amide bonds. The maximum atomic E-state index is 5.43. The molecule has 0 aliphatic carbocycles. The maximum Gasteiger partial charge on any atom is 0.128 e. The van der Waals surface area contributed by atoms with Crippen LogP contribution in [-0.2, 0) is 6.54 Å². The van der Waals surface area contributed by atoms with E-state index >= 15 is 0 Å². The van der Waals surface area contributed by atoms with Crippen molar-refractivity contribution in [2.45, 2.75) is 33.4 Å². The molecule has 1 atom stereocenters. The van der Waals surface area contributed by atoms with Gasteiger partial charge >= 0.3 is 0 Å². The topological polar surface area (TPSA) is 47.0 Å². The molecular weight excluding hydrogens is 250 g/mol. The Labute approximate surface area is 120 Å². The maximum absolute atomic E-state index is 5.43. The van der Waals surface area contributed by atoms with E-state index in [2.05, 4.69) is 22.2 Å². The molecule has 2 aromatic heterocycles. The average Bonchev–Trinajstić information content (AvgIpc) is 2.47. The van der Waals surface area contributed by atoms with E-state index in [9.17, 15) is 0 Å². The van der Waals surface area contributed by atoms with Gasteiger partial charge < -0.3 is 10.1 Å². The lowest BCUT2D eigenvalue weighted by Crippen LogP contribution is -2.19. The smallest absolute Gasteiger partial charge is 0.128 e. The normalized spacial score (nSPS) is 12.2. The molecule has 0 unspecified atom stereocenters. The Hall–Kier alpha value is -1.94. The molecule has 2 rings (SSSR count). The number of aryl methyl sites for hydroxylation is 1. The van der Waals surface area contributed by atoms with Crippen molar-refractivity contribution in [2.24, 2.45) is 0 Å². The third kappa shape index (κ3) is 3.14. The summed E-state index contributed by atoms with van der Waals surface area (Å²) in [4.78, 5) is 8.53. The Balaban J connectivity index is 2.08. The lowest BCUT2D eigenvalue weighted by atomic mass is 10.1. The van der Waals surface area contributed by atoms with Crippen molar-refractivity contribution < 1.29 is 4.74 Å². The average molecular weight is 271 g/mol. The van der Waals surface area contributed by atoms with Gasteiger partial charge in [-0.3, -0.25) is 9.97 Å². The summed E-state index contributed by atoms with van der Waals surface area (Å²) in [6.45, 7) is 6.91. The molecule has 20 heavy (non-hydrogen) atoms. The van der Waals surface area contributed by atoms with Gasteiger partial charge in [0, 0.05) is 42.3 Å². The van der Waals surface area contributed by atoms with Crippen LogP contribution in [0, 0.1) is 13.8 Å². The first kappa shape index (κ1) is 14.5. The molecular formula is C16H21N3O. The van der Waals surface area contributed by atoms with Gasteiger partial charge in [-0.2, -0.15) is 0 Å². The third-order valence-corrected chi connectivity index (χ3v) is 3.53. The quantitative estimate of drug-likeness (QED) is 0.908. The summed E-state index contributed by atoms with van der Waals surface area (Å²) >= 11 is 0. The van der Waals surface area contributed by atoms with E-state index in [4.69, 9.17) is 4.74 Å². The van der Waals surface area contributed by atoms with E-state index in [0.717, 1.165) is 22.6 Å². The van der Waals surface area contributed by atoms with Crippen LogP contribution in [0.1, 0.15) is 35.3 Å². The van der Waals surface area contributed by atoms with Crippen LogP contribution in [0.3, 0.4) is 0 Å². The molecule has 4 nitrogen and oxygen atoms in total. The zero-order chi connectivity index (χ0) is 14.5. The highest BCUT2D eigenvalue weighted by molar-refractivity contribution is 5.41. The summed E-state index contributed by atoms with van der Waals surface area (Å²) in [5, 5.41) is 3.48. The van der Waals surface area contributed by atoms with E-state index < -0.39 is 0 Å². The Kier molecular flexibility index (Phi) is 4.69. The van der Waals surface area contributed by atoms with Gasteiger partial charge in [-0.05, 0) is 38.5 Å². The summed E-state index contributed by atoms with van der Waals surface area (Å²) in [7, 11) is 1.70. The molecule has 0 aromatic carbocycles. The van der Waals surface area contributed by atoms with Crippen LogP contribution in [0.2, 0.25) is 0 Å². The fraction of sp³-hybridized carbons (Fsp3) is 0.375. The first-order valence-electron chi connectivity index (χ1n) is 6.76. The lowest BCUT2D eigenvalue weighted by molar-refractivity contribution is 0.406. The second-order valence-electron chi connectivity index (χ2n) is 4.93. The number of aromatic nitrogens is 2. The molecule has 0 saturated heterocycles. The predicted octanol–water partition coefficient (Wildman–Crippen LogP) is 2.95. The van der Waals surface area contributed by atoms with E-state index in [1.54, 1.807) is 7.11 Å². The monoisotopic (exact) mass is 271 g/mol. The minimum absolute atomic E-state index is 0.256. The Morgan fingerprint density at radius 2 is 1.95 bits per heavy atom. The largest absolute Gasteiger partial charge is 0.496 e. The van der Waals surface area contributed by atoms with Gasteiger partial charge in [0.05, 0.1) is 12.8 Å². The number of hydrogen-bond acceptors (Lipinski definition) is 4. The number of nitrogens with one attached hydrogen (secondary N) is 1. The Morgan fingerprint density at radius 1 is 1.25 bits per heavy atom. The number of hydrogen-bond donors (Lipinski definition) is 1. The van der Waals surface area contributed by atoms with Crippen LogP contribution >= 0.6 is 0 Å². The molecule has 1 N–H and O–H groups in total. The van der Waals surface area contributed by atoms with Crippen molar-refractivity contribution >= 4 is 0 Å². The standard InChI is InChI=1S/C16H21N3O/c1-11-9-19-15(12(2)16(11)20-4)10-18-13(3)14-5-7-17-8-6-14/h5-9,13,18H,10H2,1-4H3/t13-/m0/s1. The zero-order valence-corrected chi connectivity index (χ0v) is 12.5. The van der Waals surface area contributed by atoms with Crippen LogP contribution in [-0.4, -0.2) is 17.1 Å². The Morgan fingerprint density at radius 3 is 2.60 bits per heavy atom. The van der Waals surface area contributed by atoms with Crippen LogP contribution in [0.4, 0.5) is 0 Å². The van der Waals surface area contributed by atoms with Gasteiger partial charge in [-0.1, -0.05) is 0 Å².